The topological polar surface area (TPSA) is 63.2 Å². The summed E-state index contributed by atoms with van der Waals surface area (Å²) in [7, 11) is 0. The molecule has 0 aliphatic carbocycles. The molecule has 1 aromatic carbocycles. The normalized spacial score (nSPS) is 18.8. The highest BCUT2D eigenvalue weighted by molar-refractivity contribution is 7.13. The molecule has 0 saturated carbocycles. The van der Waals surface area contributed by atoms with E-state index in [1.54, 1.807) is 12.1 Å². The summed E-state index contributed by atoms with van der Waals surface area (Å²) in [6.07, 6.45) is 2.05. The Labute approximate surface area is 174 Å². The van der Waals surface area contributed by atoms with E-state index in [0.29, 0.717) is 16.3 Å². The number of nitrogens with zero attached hydrogens (tertiary/aromatic N) is 1. The number of benzene rings is 1. The summed E-state index contributed by atoms with van der Waals surface area (Å²) in [5.74, 6) is 0.189. The Kier molecular flexibility index (Phi) is 9.45. The molecule has 1 amide bonds. The molecule has 27 heavy (non-hydrogen) atoms. The minimum absolute atomic E-state index is 0. The average Bonchev–Trinajstić information content (AvgIpc) is 2.97. The van der Waals surface area contributed by atoms with Gasteiger partial charge in [0.15, 0.2) is 0 Å². The van der Waals surface area contributed by atoms with Gasteiger partial charge in [0.05, 0.1) is 5.69 Å². The molecule has 0 radical (unpaired) electrons. The Bertz CT molecular complexity index is 743. The molecule has 1 aliphatic heterocycles. The summed E-state index contributed by atoms with van der Waals surface area (Å²) in [5, 5.41) is 7.21. The molecule has 2 heterocycles. The van der Waals surface area contributed by atoms with Crippen molar-refractivity contribution in [2.75, 3.05) is 6.54 Å². The molecule has 0 bridgehead atoms. The Morgan fingerprint density at radius 1 is 1.37 bits per heavy atom. The van der Waals surface area contributed by atoms with Gasteiger partial charge in [-0.2, -0.15) is 0 Å². The molecule has 2 atom stereocenters. The number of amides is 1. The van der Waals surface area contributed by atoms with Gasteiger partial charge in [-0.05, 0) is 57.5 Å². The summed E-state index contributed by atoms with van der Waals surface area (Å²) in [4.78, 5) is 17.6. The van der Waals surface area contributed by atoms with Gasteiger partial charge in [0.25, 0.3) is 5.91 Å². The summed E-state index contributed by atoms with van der Waals surface area (Å²) in [6.45, 7) is 5.17. The molecular formula is C18H24Cl2FN3O2S. The standard InChI is InChI=1S/C18H22FN3O2S.2ClH/c1-11-15(4-3-9-20-11)22-18(23)17-12(2)21-16(25-17)10-24-14-7-5-13(19)6-8-14;;/h5-8,11,15,20H,3-4,9-10H2,1-2H3,(H,22,23);2*1H. The molecule has 2 N–H and O–H groups in total. The van der Waals surface area contributed by atoms with Gasteiger partial charge in [-0.25, -0.2) is 9.37 Å². The lowest BCUT2D eigenvalue weighted by Gasteiger charge is -2.30. The van der Waals surface area contributed by atoms with Crippen molar-refractivity contribution in [3.8, 4) is 5.75 Å². The number of carbonyl (C=O) groups excluding carboxylic acids is 1. The zero-order valence-electron chi connectivity index (χ0n) is 15.2. The first-order chi connectivity index (χ1) is 12.0. The lowest BCUT2D eigenvalue weighted by Crippen LogP contribution is -2.51. The fraction of sp³-hybridized carbons (Fsp3) is 0.444. The molecule has 0 spiro atoms. The predicted molar refractivity (Wildman–Crippen MR) is 110 cm³/mol. The lowest BCUT2D eigenvalue weighted by molar-refractivity contribution is 0.0923. The summed E-state index contributed by atoms with van der Waals surface area (Å²) >= 11 is 1.34. The third kappa shape index (κ3) is 6.31. The average molecular weight is 436 g/mol. The van der Waals surface area contributed by atoms with E-state index < -0.39 is 0 Å². The number of thiazole rings is 1. The fourth-order valence-electron chi connectivity index (χ4n) is 2.88. The lowest BCUT2D eigenvalue weighted by atomic mass is 10.00. The van der Waals surface area contributed by atoms with E-state index in [0.717, 1.165) is 24.4 Å². The van der Waals surface area contributed by atoms with Crippen LogP contribution >= 0.6 is 36.2 Å². The third-order valence-electron chi connectivity index (χ3n) is 4.30. The zero-order valence-corrected chi connectivity index (χ0v) is 17.6. The Balaban J connectivity index is 0.00000182. The fourth-order valence-corrected chi connectivity index (χ4v) is 3.76. The van der Waals surface area contributed by atoms with Crippen molar-refractivity contribution < 1.29 is 13.9 Å². The first-order valence-electron chi connectivity index (χ1n) is 8.42. The van der Waals surface area contributed by atoms with E-state index in [1.807, 2.05) is 6.92 Å². The summed E-state index contributed by atoms with van der Waals surface area (Å²) < 4.78 is 18.5. The molecule has 1 aliphatic rings. The molecule has 150 valence electrons. The van der Waals surface area contributed by atoms with Crippen molar-refractivity contribution in [1.29, 1.82) is 0 Å². The van der Waals surface area contributed by atoms with Crippen LogP contribution in [0.4, 0.5) is 4.39 Å². The van der Waals surface area contributed by atoms with E-state index in [1.165, 1.54) is 23.5 Å². The van der Waals surface area contributed by atoms with Crippen molar-refractivity contribution in [2.45, 2.75) is 45.4 Å². The molecule has 1 aromatic heterocycles. The molecule has 2 unspecified atom stereocenters. The first-order valence-corrected chi connectivity index (χ1v) is 9.23. The predicted octanol–water partition coefficient (Wildman–Crippen LogP) is 3.88. The number of rotatable bonds is 5. The quantitative estimate of drug-likeness (QED) is 0.747. The van der Waals surface area contributed by atoms with E-state index in [-0.39, 0.29) is 55.2 Å². The number of aryl methyl sites for hydroxylation is 1. The van der Waals surface area contributed by atoms with Crippen LogP contribution in [0.3, 0.4) is 0 Å². The van der Waals surface area contributed by atoms with E-state index in [9.17, 15) is 9.18 Å². The largest absolute Gasteiger partial charge is 0.486 e. The van der Waals surface area contributed by atoms with Gasteiger partial charge in [0.2, 0.25) is 0 Å². The van der Waals surface area contributed by atoms with Crippen LogP contribution in [0, 0.1) is 12.7 Å². The van der Waals surface area contributed by atoms with Gasteiger partial charge >= 0.3 is 0 Å². The second kappa shape index (κ2) is 10.8. The van der Waals surface area contributed by atoms with Gasteiger partial charge in [0, 0.05) is 12.1 Å². The number of piperidine rings is 1. The van der Waals surface area contributed by atoms with Crippen molar-refractivity contribution >= 4 is 42.1 Å². The highest BCUT2D eigenvalue weighted by Crippen LogP contribution is 2.21. The maximum atomic E-state index is 12.9. The number of nitrogens with one attached hydrogen (secondary N) is 2. The number of hydrogen-bond donors (Lipinski definition) is 2. The van der Waals surface area contributed by atoms with E-state index in [4.69, 9.17) is 4.74 Å². The summed E-state index contributed by atoms with van der Waals surface area (Å²) in [5.41, 5.74) is 0.705. The molecule has 9 heteroatoms. The minimum atomic E-state index is -0.303. The van der Waals surface area contributed by atoms with Crippen LogP contribution in [0.2, 0.25) is 0 Å². The molecular weight excluding hydrogens is 412 g/mol. The van der Waals surface area contributed by atoms with Crippen LogP contribution in [-0.4, -0.2) is 29.5 Å². The molecule has 2 aromatic rings. The number of hydrogen-bond acceptors (Lipinski definition) is 5. The maximum absolute atomic E-state index is 12.9. The van der Waals surface area contributed by atoms with Crippen LogP contribution in [0.25, 0.3) is 0 Å². The molecule has 1 fully saturated rings. The Morgan fingerprint density at radius 2 is 2.07 bits per heavy atom. The van der Waals surface area contributed by atoms with Gasteiger partial charge in [0.1, 0.15) is 28.1 Å². The van der Waals surface area contributed by atoms with Gasteiger partial charge in [-0.15, -0.1) is 36.2 Å². The van der Waals surface area contributed by atoms with Gasteiger partial charge < -0.3 is 15.4 Å². The van der Waals surface area contributed by atoms with Crippen molar-refractivity contribution in [3.05, 3.63) is 45.7 Å². The highest BCUT2D eigenvalue weighted by Gasteiger charge is 2.24. The molecule has 1 saturated heterocycles. The van der Waals surface area contributed by atoms with E-state index >= 15 is 0 Å². The van der Waals surface area contributed by atoms with Crippen molar-refractivity contribution in [3.63, 3.8) is 0 Å². The van der Waals surface area contributed by atoms with Gasteiger partial charge in [-0.3, -0.25) is 4.79 Å². The molecule has 3 rings (SSSR count). The van der Waals surface area contributed by atoms with Crippen molar-refractivity contribution in [1.82, 2.24) is 15.6 Å². The maximum Gasteiger partial charge on any atom is 0.263 e. The van der Waals surface area contributed by atoms with Crippen LogP contribution in [0.5, 0.6) is 5.75 Å². The number of ether oxygens (including phenoxy) is 1. The van der Waals surface area contributed by atoms with Crippen LogP contribution in [-0.2, 0) is 6.61 Å². The SMILES string of the molecule is Cc1nc(COc2ccc(F)cc2)sc1C(=O)NC1CCCNC1C.Cl.Cl. The Hall–Kier alpha value is -1.41. The second-order valence-corrected chi connectivity index (χ2v) is 7.31. The number of carbonyl (C=O) groups is 1. The minimum Gasteiger partial charge on any atom is -0.486 e. The summed E-state index contributed by atoms with van der Waals surface area (Å²) in [6, 6.07) is 6.25. The number of aromatic nitrogens is 1. The third-order valence-corrected chi connectivity index (χ3v) is 5.43. The Morgan fingerprint density at radius 3 is 2.74 bits per heavy atom. The highest BCUT2D eigenvalue weighted by atomic mass is 35.5. The smallest absolute Gasteiger partial charge is 0.263 e. The van der Waals surface area contributed by atoms with Crippen LogP contribution < -0.4 is 15.4 Å². The van der Waals surface area contributed by atoms with E-state index in [2.05, 4.69) is 22.5 Å². The van der Waals surface area contributed by atoms with Crippen molar-refractivity contribution in [2.24, 2.45) is 0 Å². The zero-order chi connectivity index (χ0) is 17.8. The van der Waals surface area contributed by atoms with Crippen LogP contribution in [0.1, 0.15) is 40.1 Å². The van der Waals surface area contributed by atoms with Crippen LogP contribution in [0.15, 0.2) is 24.3 Å². The number of halogens is 3. The van der Waals surface area contributed by atoms with Gasteiger partial charge in [-0.1, -0.05) is 0 Å². The monoisotopic (exact) mass is 435 g/mol. The second-order valence-electron chi connectivity index (χ2n) is 6.23. The first kappa shape index (κ1) is 23.6. The molecule has 5 nitrogen and oxygen atoms in total.